The summed E-state index contributed by atoms with van der Waals surface area (Å²) in [7, 11) is 0. The molecule has 1 aromatic rings. The van der Waals surface area contributed by atoms with Crippen LogP contribution in [-0.4, -0.2) is 35.0 Å². The molecule has 122 valence electrons. The SMILES string of the molecule is O=C(NC1(C(=O)O)CCC1)C1CCN(c2ccccc2Br)C1=O. The average molecular weight is 381 g/mol. The molecule has 1 saturated heterocycles. The minimum atomic E-state index is -1.18. The standard InChI is InChI=1S/C16H17BrN2O4/c17-11-4-1-2-5-12(11)19-9-6-10(14(19)21)13(20)18-16(15(22)23)7-3-8-16/h1-2,4-5,10H,3,6-9H2,(H,18,20)(H,22,23). The number of para-hydroxylation sites is 1. The maximum absolute atomic E-state index is 12.6. The van der Waals surface area contributed by atoms with E-state index in [1.54, 1.807) is 4.90 Å². The number of rotatable bonds is 4. The molecule has 2 aliphatic rings. The number of hydrogen-bond donors (Lipinski definition) is 2. The lowest BCUT2D eigenvalue weighted by molar-refractivity contribution is -0.153. The summed E-state index contributed by atoms with van der Waals surface area (Å²) in [6, 6.07) is 7.33. The lowest BCUT2D eigenvalue weighted by Crippen LogP contribution is -2.60. The highest BCUT2D eigenvalue weighted by atomic mass is 79.9. The van der Waals surface area contributed by atoms with Crippen LogP contribution >= 0.6 is 15.9 Å². The number of carbonyl (C=O) groups excluding carboxylic acids is 2. The minimum absolute atomic E-state index is 0.283. The first-order chi connectivity index (χ1) is 10.9. The predicted molar refractivity (Wildman–Crippen MR) is 87.0 cm³/mol. The van der Waals surface area contributed by atoms with Gasteiger partial charge >= 0.3 is 5.97 Å². The Balaban J connectivity index is 1.73. The van der Waals surface area contributed by atoms with Gasteiger partial charge in [-0.15, -0.1) is 0 Å². The zero-order valence-electron chi connectivity index (χ0n) is 12.4. The van der Waals surface area contributed by atoms with Crippen LogP contribution in [0.4, 0.5) is 5.69 Å². The van der Waals surface area contributed by atoms with E-state index < -0.39 is 23.3 Å². The van der Waals surface area contributed by atoms with Gasteiger partial charge in [0.1, 0.15) is 11.5 Å². The molecule has 1 aliphatic carbocycles. The predicted octanol–water partition coefficient (Wildman–Crippen LogP) is 1.93. The number of anilines is 1. The number of carboxylic acid groups (broad SMARTS) is 1. The summed E-state index contributed by atoms with van der Waals surface area (Å²) in [5.41, 5.74) is -0.456. The number of nitrogens with zero attached hydrogens (tertiary/aromatic N) is 1. The van der Waals surface area contributed by atoms with E-state index in [1.165, 1.54) is 0 Å². The van der Waals surface area contributed by atoms with E-state index in [-0.39, 0.29) is 5.91 Å². The second kappa shape index (κ2) is 5.96. The lowest BCUT2D eigenvalue weighted by atomic mass is 9.76. The van der Waals surface area contributed by atoms with Gasteiger partial charge in [0.05, 0.1) is 5.69 Å². The highest BCUT2D eigenvalue weighted by molar-refractivity contribution is 9.10. The molecule has 6 nitrogen and oxygen atoms in total. The number of halogens is 1. The molecule has 0 aromatic heterocycles. The van der Waals surface area contributed by atoms with Crippen molar-refractivity contribution >= 4 is 39.4 Å². The smallest absolute Gasteiger partial charge is 0.329 e. The number of aliphatic carboxylic acids is 1. The molecule has 3 rings (SSSR count). The third-order valence-corrected chi connectivity index (χ3v) is 5.31. The van der Waals surface area contributed by atoms with Crippen LogP contribution in [0.3, 0.4) is 0 Å². The Labute approximate surface area is 142 Å². The highest BCUT2D eigenvalue weighted by Crippen LogP contribution is 2.34. The first kappa shape index (κ1) is 16.0. The van der Waals surface area contributed by atoms with Crippen molar-refractivity contribution in [1.82, 2.24) is 5.32 Å². The molecule has 1 unspecified atom stereocenters. The molecule has 0 radical (unpaired) electrons. The van der Waals surface area contributed by atoms with Crippen molar-refractivity contribution in [3.63, 3.8) is 0 Å². The van der Waals surface area contributed by atoms with Crippen LogP contribution in [0.1, 0.15) is 25.7 Å². The molecule has 2 amide bonds. The van der Waals surface area contributed by atoms with Crippen LogP contribution in [0, 0.1) is 5.92 Å². The number of nitrogens with one attached hydrogen (secondary N) is 1. The quantitative estimate of drug-likeness (QED) is 0.781. The van der Waals surface area contributed by atoms with E-state index in [1.807, 2.05) is 24.3 Å². The van der Waals surface area contributed by atoms with Crippen molar-refractivity contribution in [2.24, 2.45) is 5.92 Å². The summed E-state index contributed by atoms with van der Waals surface area (Å²) >= 11 is 3.41. The van der Waals surface area contributed by atoms with Crippen molar-refractivity contribution < 1.29 is 19.5 Å². The topological polar surface area (TPSA) is 86.7 Å². The molecule has 0 bridgehead atoms. The number of benzene rings is 1. The fourth-order valence-corrected chi connectivity index (χ4v) is 3.58. The Morgan fingerprint density at radius 1 is 1.30 bits per heavy atom. The number of carbonyl (C=O) groups is 3. The number of hydrogen-bond acceptors (Lipinski definition) is 3. The normalized spacial score (nSPS) is 22.6. The maximum Gasteiger partial charge on any atom is 0.329 e. The minimum Gasteiger partial charge on any atom is -0.480 e. The zero-order chi connectivity index (χ0) is 16.6. The molecule has 2 fully saturated rings. The van der Waals surface area contributed by atoms with Gasteiger partial charge in [0.2, 0.25) is 11.8 Å². The molecule has 1 atom stereocenters. The van der Waals surface area contributed by atoms with Crippen LogP contribution in [0.5, 0.6) is 0 Å². The van der Waals surface area contributed by atoms with Crippen LogP contribution in [0.2, 0.25) is 0 Å². The van der Waals surface area contributed by atoms with Gasteiger partial charge in [0.15, 0.2) is 0 Å². The van der Waals surface area contributed by atoms with Gasteiger partial charge in [-0.2, -0.15) is 0 Å². The Bertz CT molecular complexity index is 672. The molecule has 1 heterocycles. The third kappa shape index (κ3) is 2.73. The Hall–Kier alpha value is -1.89. The van der Waals surface area contributed by atoms with Gasteiger partial charge < -0.3 is 15.3 Å². The Morgan fingerprint density at radius 3 is 2.57 bits per heavy atom. The average Bonchev–Trinajstić information content (AvgIpc) is 2.84. The Kier molecular flexibility index (Phi) is 4.14. The van der Waals surface area contributed by atoms with Crippen molar-refractivity contribution in [3.05, 3.63) is 28.7 Å². The van der Waals surface area contributed by atoms with Crippen LogP contribution in [-0.2, 0) is 14.4 Å². The monoisotopic (exact) mass is 380 g/mol. The van der Waals surface area contributed by atoms with E-state index in [4.69, 9.17) is 0 Å². The molecule has 7 heteroatoms. The van der Waals surface area contributed by atoms with Gasteiger partial charge in [0.25, 0.3) is 0 Å². The summed E-state index contributed by atoms with van der Waals surface area (Å²) < 4.78 is 0.787. The van der Waals surface area contributed by atoms with Crippen LogP contribution in [0.25, 0.3) is 0 Å². The summed E-state index contributed by atoms with van der Waals surface area (Å²) in [4.78, 5) is 37.9. The van der Waals surface area contributed by atoms with E-state index in [9.17, 15) is 19.5 Å². The maximum atomic E-state index is 12.6. The van der Waals surface area contributed by atoms with E-state index in [0.717, 1.165) is 16.6 Å². The molecule has 1 aliphatic heterocycles. The molecule has 1 aromatic carbocycles. The summed E-state index contributed by atoms with van der Waals surface area (Å²) in [6.07, 6.45) is 2.00. The Morgan fingerprint density at radius 2 is 2.00 bits per heavy atom. The van der Waals surface area contributed by atoms with Gasteiger partial charge in [0, 0.05) is 11.0 Å². The first-order valence-electron chi connectivity index (χ1n) is 7.56. The number of amides is 2. The summed E-state index contributed by atoms with van der Waals surface area (Å²) in [6.45, 7) is 0.444. The van der Waals surface area contributed by atoms with Crippen molar-refractivity contribution in [3.8, 4) is 0 Å². The fraction of sp³-hybridized carbons (Fsp3) is 0.438. The van der Waals surface area contributed by atoms with E-state index in [2.05, 4.69) is 21.2 Å². The van der Waals surface area contributed by atoms with E-state index >= 15 is 0 Å². The fourth-order valence-electron chi connectivity index (χ4n) is 3.08. The largest absolute Gasteiger partial charge is 0.480 e. The van der Waals surface area contributed by atoms with Gasteiger partial charge in [-0.05, 0) is 53.7 Å². The lowest BCUT2D eigenvalue weighted by Gasteiger charge is -2.38. The molecule has 2 N–H and O–H groups in total. The third-order valence-electron chi connectivity index (χ3n) is 4.64. The first-order valence-corrected chi connectivity index (χ1v) is 8.35. The molecular weight excluding hydrogens is 364 g/mol. The van der Waals surface area contributed by atoms with Gasteiger partial charge in [-0.1, -0.05) is 12.1 Å². The van der Waals surface area contributed by atoms with Crippen molar-refractivity contribution in [2.45, 2.75) is 31.2 Å². The summed E-state index contributed by atoms with van der Waals surface area (Å²) in [5.74, 6) is -2.61. The molecular formula is C16H17BrN2O4. The number of carboxylic acids is 1. The summed E-state index contributed by atoms with van der Waals surface area (Å²) in [5, 5.41) is 11.9. The molecule has 1 saturated carbocycles. The van der Waals surface area contributed by atoms with Crippen LogP contribution < -0.4 is 10.2 Å². The van der Waals surface area contributed by atoms with Gasteiger partial charge in [-0.25, -0.2) is 4.79 Å². The highest BCUT2D eigenvalue weighted by Gasteiger charge is 2.48. The second-order valence-electron chi connectivity index (χ2n) is 6.01. The molecule has 0 spiro atoms. The van der Waals surface area contributed by atoms with Gasteiger partial charge in [-0.3, -0.25) is 9.59 Å². The van der Waals surface area contributed by atoms with Crippen LogP contribution in [0.15, 0.2) is 28.7 Å². The second-order valence-corrected chi connectivity index (χ2v) is 6.87. The van der Waals surface area contributed by atoms with Crippen molar-refractivity contribution in [1.29, 1.82) is 0 Å². The van der Waals surface area contributed by atoms with Crippen molar-refractivity contribution in [2.75, 3.05) is 11.4 Å². The van der Waals surface area contributed by atoms with E-state index in [0.29, 0.717) is 25.8 Å². The zero-order valence-corrected chi connectivity index (χ0v) is 14.0. The molecule has 23 heavy (non-hydrogen) atoms.